The lowest BCUT2D eigenvalue weighted by molar-refractivity contribution is -0.384. The third-order valence-electron chi connectivity index (χ3n) is 7.15. The first-order valence-electron chi connectivity index (χ1n) is 11.3. The summed E-state index contributed by atoms with van der Waals surface area (Å²) in [6.45, 7) is 4.88. The Morgan fingerprint density at radius 3 is 2.47 bits per heavy atom. The van der Waals surface area contributed by atoms with Gasteiger partial charge in [0.15, 0.2) is 0 Å². The summed E-state index contributed by atoms with van der Waals surface area (Å²) in [6.07, 6.45) is 1.94. The van der Waals surface area contributed by atoms with Gasteiger partial charge in [0.1, 0.15) is 11.4 Å². The zero-order valence-electron chi connectivity index (χ0n) is 18.9. The number of fused-ring (bicyclic) bond motifs is 4. The van der Waals surface area contributed by atoms with Crippen molar-refractivity contribution in [3.63, 3.8) is 0 Å². The minimum atomic E-state index is -0.853. The van der Waals surface area contributed by atoms with Crippen molar-refractivity contribution in [2.75, 3.05) is 4.90 Å². The van der Waals surface area contributed by atoms with Crippen LogP contribution in [0.2, 0.25) is 0 Å². The number of nitrogens with zero attached hydrogens (tertiary/aromatic N) is 3. The summed E-state index contributed by atoms with van der Waals surface area (Å²) in [5, 5.41) is 13.3. The molecule has 34 heavy (non-hydrogen) atoms. The molecule has 6 heteroatoms. The molecule has 0 amide bonds. The highest BCUT2D eigenvalue weighted by Gasteiger charge is 2.59. The van der Waals surface area contributed by atoms with Crippen molar-refractivity contribution in [1.29, 1.82) is 0 Å². The van der Waals surface area contributed by atoms with E-state index in [4.69, 9.17) is 9.73 Å². The van der Waals surface area contributed by atoms with E-state index in [2.05, 4.69) is 49.1 Å². The van der Waals surface area contributed by atoms with Crippen molar-refractivity contribution in [2.24, 2.45) is 4.99 Å². The van der Waals surface area contributed by atoms with Gasteiger partial charge in [-0.15, -0.1) is 0 Å². The maximum Gasteiger partial charge on any atom is 0.269 e. The van der Waals surface area contributed by atoms with Gasteiger partial charge in [-0.05, 0) is 42.5 Å². The van der Waals surface area contributed by atoms with E-state index in [9.17, 15) is 10.1 Å². The SMILES string of the molecule is CC1(C)c2ccccc2N(Cc2ccc([N+](=O)[O-])cc2)[C@]12C=Nc1c(ccc3ccccc13)O2. The Kier molecular flexibility index (Phi) is 4.30. The smallest absolute Gasteiger partial charge is 0.269 e. The molecule has 0 saturated carbocycles. The third-order valence-corrected chi connectivity index (χ3v) is 7.15. The van der Waals surface area contributed by atoms with Crippen LogP contribution >= 0.6 is 0 Å². The third kappa shape index (κ3) is 2.78. The van der Waals surface area contributed by atoms with Crippen molar-refractivity contribution in [1.82, 2.24) is 0 Å². The Morgan fingerprint density at radius 2 is 1.68 bits per heavy atom. The van der Waals surface area contributed by atoms with Gasteiger partial charge < -0.3 is 9.64 Å². The molecule has 0 N–H and O–H groups in total. The molecular weight excluding hydrogens is 426 g/mol. The first kappa shape index (κ1) is 20.4. The number of para-hydroxylation sites is 1. The molecule has 0 unspecified atom stereocenters. The number of aliphatic imine (C=N–C) groups is 1. The summed E-state index contributed by atoms with van der Waals surface area (Å²) in [4.78, 5) is 17.9. The summed E-state index contributed by atoms with van der Waals surface area (Å²) in [5.74, 6) is 0.746. The molecule has 4 aromatic rings. The van der Waals surface area contributed by atoms with Crippen LogP contribution in [0.25, 0.3) is 10.8 Å². The molecule has 1 atom stereocenters. The normalized spacial score (nSPS) is 19.6. The van der Waals surface area contributed by atoms with Crippen LogP contribution in [0.3, 0.4) is 0 Å². The molecule has 6 rings (SSSR count). The zero-order valence-corrected chi connectivity index (χ0v) is 18.9. The predicted octanol–water partition coefficient (Wildman–Crippen LogP) is 6.54. The van der Waals surface area contributed by atoms with E-state index in [1.54, 1.807) is 24.3 Å². The largest absolute Gasteiger partial charge is 0.459 e. The highest BCUT2D eigenvalue weighted by atomic mass is 16.6. The molecule has 2 heterocycles. The molecule has 0 fully saturated rings. The number of ether oxygens (including phenoxy) is 1. The van der Waals surface area contributed by atoms with Gasteiger partial charge in [0.25, 0.3) is 5.69 Å². The summed E-state index contributed by atoms with van der Waals surface area (Å²) in [5.41, 5.74) is 2.86. The molecule has 0 bridgehead atoms. The molecule has 0 radical (unpaired) electrons. The number of hydrogen-bond donors (Lipinski definition) is 0. The Bertz CT molecular complexity index is 1480. The lowest BCUT2D eigenvalue weighted by Gasteiger charge is -2.46. The highest BCUT2D eigenvalue weighted by Crippen LogP contribution is 2.55. The first-order valence-corrected chi connectivity index (χ1v) is 11.3. The number of anilines is 1. The van der Waals surface area contributed by atoms with E-state index in [-0.39, 0.29) is 10.6 Å². The van der Waals surface area contributed by atoms with E-state index in [1.165, 1.54) is 5.56 Å². The Labute approximate surface area is 197 Å². The number of hydrogen-bond acceptors (Lipinski definition) is 5. The minimum Gasteiger partial charge on any atom is -0.459 e. The standard InChI is InChI=1S/C28H23N3O3/c1-27(2)23-9-5-6-10-24(23)30(17-19-11-14-21(15-12-19)31(32)33)28(27)18-29-26-22-8-4-3-7-20(22)13-16-25(26)34-28/h3-16,18H,17H2,1-2H3/t28-/m0/s1. The lowest BCUT2D eigenvalue weighted by atomic mass is 9.77. The molecule has 6 nitrogen and oxygen atoms in total. The van der Waals surface area contributed by atoms with E-state index in [0.717, 1.165) is 33.5 Å². The molecule has 1 spiro atoms. The Morgan fingerprint density at radius 1 is 0.941 bits per heavy atom. The predicted molar refractivity (Wildman–Crippen MR) is 134 cm³/mol. The van der Waals surface area contributed by atoms with Crippen LogP contribution in [0.1, 0.15) is 25.0 Å². The van der Waals surface area contributed by atoms with Gasteiger partial charge in [0.2, 0.25) is 5.72 Å². The maximum absolute atomic E-state index is 11.1. The zero-order chi connectivity index (χ0) is 23.5. The van der Waals surface area contributed by atoms with Crippen molar-refractivity contribution < 1.29 is 9.66 Å². The van der Waals surface area contributed by atoms with Crippen LogP contribution in [-0.2, 0) is 12.0 Å². The van der Waals surface area contributed by atoms with Crippen LogP contribution in [0.4, 0.5) is 17.1 Å². The van der Waals surface area contributed by atoms with Crippen molar-refractivity contribution >= 4 is 34.0 Å². The van der Waals surface area contributed by atoms with Crippen LogP contribution in [-0.4, -0.2) is 16.9 Å². The van der Waals surface area contributed by atoms with Crippen LogP contribution in [0, 0.1) is 10.1 Å². The van der Waals surface area contributed by atoms with Gasteiger partial charge in [0.05, 0.1) is 16.6 Å². The maximum atomic E-state index is 11.1. The van der Waals surface area contributed by atoms with Gasteiger partial charge in [-0.2, -0.15) is 0 Å². The number of nitro benzene ring substituents is 1. The fourth-order valence-electron chi connectivity index (χ4n) is 5.27. The molecule has 0 aliphatic carbocycles. The Hall–Kier alpha value is -4.19. The summed E-state index contributed by atoms with van der Waals surface area (Å²) >= 11 is 0. The molecular formula is C28H23N3O3. The molecule has 168 valence electrons. The molecule has 4 aromatic carbocycles. The van der Waals surface area contributed by atoms with Gasteiger partial charge >= 0.3 is 0 Å². The monoisotopic (exact) mass is 449 g/mol. The number of rotatable bonds is 3. The molecule has 2 aliphatic heterocycles. The van der Waals surface area contributed by atoms with Gasteiger partial charge in [0, 0.05) is 29.8 Å². The van der Waals surface area contributed by atoms with Gasteiger partial charge in [-0.25, -0.2) is 0 Å². The summed E-state index contributed by atoms with van der Waals surface area (Å²) < 4.78 is 6.90. The second-order valence-corrected chi connectivity index (χ2v) is 9.34. The number of benzene rings is 4. The number of non-ortho nitro benzene ring substituents is 1. The van der Waals surface area contributed by atoms with E-state index >= 15 is 0 Å². The van der Waals surface area contributed by atoms with E-state index in [1.807, 2.05) is 36.5 Å². The summed E-state index contributed by atoms with van der Waals surface area (Å²) in [7, 11) is 0. The average Bonchev–Trinajstić information content (AvgIpc) is 3.03. The Balaban J connectivity index is 1.49. The van der Waals surface area contributed by atoms with Crippen LogP contribution < -0.4 is 9.64 Å². The molecule has 0 saturated heterocycles. The van der Waals surface area contributed by atoms with E-state index < -0.39 is 11.1 Å². The average molecular weight is 450 g/mol. The quantitative estimate of drug-likeness (QED) is 0.263. The highest BCUT2D eigenvalue weighted by molar-refractivity contribution is 5.99. The molecule has 2 aliphatic rings. The molecule has 0 aromatic heterocycles. The first-order chi connectivity index (χ1) is 16.4. The van der Waals surface area contributed by atoms with Crippen molar-refractivity contribution in [3.05, 3.63) is 106 Å². The minimum absolute atomic E-state index is 0.0805. The van der Waals surface area contributed by atoms with Crippen LogP contribution in [0.5, 0.6) is 5.75 Å². The van der Waals surface area contributed by atoms with Gasteiger partial charge in [-0.3, -0.25) is 15.1 Å². The van der Waals surface area contributed by atoms with Gasteiger partial charge in [-0.1, -0.05) is 60.7 Å². The van der Waals surface area contributed by atoms with E-state index in [0.29, 0.717) is 6.54 Å². The fraction of sp³-hybridized carbons (Fsp3) is 0.179. The second kappa shape index (κ2) is 7.15. The second-order valence-electron chi connectivity index (χ2n) is 9.34. The lowest BCUT2D eigenvalue weighted by Crippen LogP contribution is -2.61. The van der Waals surface area contributed by atoms with Crippen LogP contribution in [0.15, 0.2) is 89.9 Å². The van der Waals surface area contributed by atoms with Crippen molar-refractivity contribution in [3.8, 4) is 5.75 Å². The topological polar surface area (TPSA) is 68.0 Å². The summed E-state index contributed by atoms with van der Waals surface area (Å²) in [6, 6.07) is 27.3. The van der Waals surface area contributed by atoms with Crippen molar-refractivity contribution in [2.45, 2.75) is 31.5 Å². The fourth-order valence-corrected chi connectivity index (χ4v) is 5.27. The number of nitro groups is 1.